The second-order valence-corrected chi connectivity index (χ2v) is 6.98. The first-order chi connectivity index (χ1) is 13.0. The van der Waals surface area contributed by atoms with Gasteiger partial charge in [0.05, 0.1) is 25.6 Å². The lowest BCUT2D eigenvalue weighted by Gasteiger charge is -2.33. The zero-order chi connectivity index (χ0) is 19.4. The fourth-order valence-electron chi connectivity index (χ4n) is 3.77. The van der Waals surface area contributed by atoms with Crippen LogP contribution < -0.4 is 9.64 Å². The van der Waals surface area contributed by atoms with E-state index >= 15 is 0 Å². The number of carbonyl (C=O) groups excluding carboxylic acids is 3. The molecule has 0 radical (unpaired) electrons. The molecule has 27 heavy (non-hydrogen) atoms. The second kappa shape index (κ2) is 8.41. The molecule has 0 aliphatic carbocycles. The molecule has 2 aliphatic rings. The fraction of sp³-hybridized carbons (Fsp3) is 0.550. The average Bonchev–Trinajstić information content (AvgIpc) is 3.09. The summed E-state index contributed by atoms with van der Waals surface area (Å²) in [4.78, 5) is 40.7. The van der Waals surface area contributed by atoms with Crippen LogP contribution in [0.5, 0.6) is 5.75 Å². The van der Waals surface area contributed by atoms with E-state index in [1.165, 1.54) is 0 Å². The molecule has 2 atom stereocenters. The highest BCUT2D eigenvalue weighted by Crippen LogP contribution is 2.29. The third kappa shape index (κ3) is 4.23. The van der Waals surface area contributed by atoms with Crippen molar-refractivity contribution >= 4 is 23.5 Å². The molecule has 2 aliphatic heterocycles. The number of hydrogen-bond acceptors (Lipinski definition) is 5. The lowest BCUT2D eigenvalue weighted by molar-refractivity contribution is -0.152. The van der Waals surface area contributed by atoms with Crippen molar-refractivity contribution in [3.05, 3.63) is 24.3 Å². The van der Waals surface area contributed by atoms with Gasteiger partial charge in [0.1, 0.15) is 5.75 Å². The fourth-order valence-corrected chi connectivity index (χ4v) is 3.77. The van der Waals surface area contributed by atoms with E-state index in [2.05, 4.69) is 0 Å². The third-order valence-electron chi connectivity index (χ3n) is 5.21. The minimum atomic E-state index is -0.374. The summed E-state index contributed by atoms with van der Waals surface area (Å²) in [6.07, 6.45) is 1.72. The summed E-state index contributed by atoms with van der Waals surface area (Å²) in [7, 11) is 1.59. The molecule has 1 aromatic carbocycles. The van der Waals surface area contributed by atoms with Crippen molar-refractivity contribution < 1.29 is 23.9 Å². The summed E-state index contributed by atoms with van der Waals surface area (Å²) in [5.41, 5.74) is 0.763. The number of ether oxygens (including phenoxy) is 2. The van der Waals surface area contributed by atoms with Crippen molar-refractivity contribution in [2.75, 3.05) is 38.3 Å². The highest BCUT2D eigenvalue weighted by molar-refractivity contribution is 6.00. The van der Waals surface area contributed by atoms with Gasteiger partial charge in [-0.1, -0.05) is 0 Å². The lowest BCUT2D eigenvalue weighted by atomic mass is 9.96. The summed E-state index contributed by atoms with van der Waals surface area (Å²) < 4.78 is 10.2. The number of amides is 2. The molecule has 0 spiro atoms. The molecule has 2 fully saturated rings. The van der Waals surface area contributed by atoms with Gasteiger partial charge in [-0.2, -0.15) is 0 Å². The monoisotopic (exact) mass is 374 g/mol. The Kier molecular flexibility index (Phi) is 5.98. The first-order valence-corrected chi connectivity index (χ1v) is 9.43. The zero-order valence-electron chi connectivity index (χ0n) is 15.8. The Hall–Kier alpha value is -2.57. The van der Waals surface area contributed by atoms with Crippen molar-refractivity contribution in [1.82, 2.24) is 4.90 Å². The van der Waals surface area contributed by atoms with Crippen LogP contribution in [0.4, 0.5) is 5.69 Å². The molecule has 7 nitrogen and oxygen atoms in total. The predicted molar refractivity (Wildman–Crippen MR) is 99.4 cm³/mol. The first kappa shape index (κ1) is 19.2. The third-order valence-corrected chi connectivity index (χ3v) is 5.21. The van der Waals surface area contributed by atoms with Crippen molar-refractivity contribution in [3.63, 3.8) is 0 Å². The van der Waals surface area contributed by atoms with Crippen molar-refractivity contribution in [3.8, 4) is 5.75 Å². The van der Waals surface area contributed by atoms with Gasteiger partial charge in [0, 0.05) is 31.7 Å². The van der Waals surface area contributed by atoms with E-state index in [1.807, 2.05) is 12.1 Å². The van der Waals surface area contributed by atoms with Crippen molar-refractivity contribution in [2.45, 2.75) is 26.2 Å². The molecule has 2 saturated heterocycles. The highest BCUT2D eigenvalue weighted by atomic mass is 16.5. The van der Waals surface area contributed by atoms with Gasteiger partial charge in [-0.05, 0) is 44.0 Å². The van der Waals surface area contributed by atoms with Gasteiger partial charge in [-0.25, -0.2) is 0 Å². The van der Waals surface area contributed by atoms with Crippen LogP contribution >= 0.6 is 0 Å². The van der Waals surface area contributed by atoms with Gasteiger partial charge in [0.2, 0.25) is 11.8 Å². The summed E-state index contributed by atoms with van der Waals surface area (Å²) in [6, 6.07) is 7.24. The van der Waals surface area contributed by atoms with Gasteiger partial charge in [0.15, 0.2) is 0 Å². The Morgan fingerprint density at radius 3 is 2.56 bits per heavy atom. The standard InChI is InChI=1S/C20H26N2O5/c1-3-27-20(25)14-5-4-10-21(12-14)19(24)15-11-18(23)22(13-15)16-6-8-17(26-2)9-7-16/h6-9,14-15H,3-5,10-13H2,1-2H3/t14-,15+/m1/s1. The first-order valence-electron chi connectivity index (χ1n) is 9.43. The predicted octanol–water partition coefficient (Wildman–Crippen LogP) is 1.85. The van der Waals surface area contributed by atoms with Crippen LogP contribution in [-0.2, 0) is 19.1 Å². The number of likely N-dealkylation sites (tertiary alicyclic amines) is 1. The van der Waals surface area contributed by atoms with Gasteiger partial charge in [0.25, 0.3) is 0 Å². The van der Waals surface area contributed by atoms with Gasteiger partial charge in [-0.3, -0.25) is 14.4 Å². The smallest absolute Gasteiger partial charge is 0.310 e. The molecule has 0 unspecified atom stereocenters. The molecule has 0 N–H and O–H groups in total. The molecular weight excluding hydrogens is 348 g/mol. The number of carbonyl (C=O) groups is 3. The molecule has 0 bridgehead atoms. The summed E-state index contributed by atoms with van der Waals surface area (Å²) in [6.45, 7) is 3.50. The summed E-state index contributed by atoms with van der Waals surface area (Å²) in [5.74, 6) is -0.266. The number of anilines is 1. The van der Waals surface area contributed by atoms with Crippen LogP contribution in [0.2, 0.25) is 0 Å². The number of esters is 1. The number of benzene rings is 1. The maximum atomic E-state index is 12.9. The van der Waals surface area contributed by atoms with Crippen molar-refractivity contribution in [2.24, 2.45) is 11.8 Å². The second-order valence-electron chi connectivity index (χ2n) is 6.98. The molecule has 1 aromatic rings. The largest absolute Gasteiger partial charge is 0.497 e. The van der Waals surface area contributed by atoms with E-state index in [0.29, 0.717) is 26.2 Å². The SMILES string of the molecule is CCOC(=O)[C@@H]1CCCN(C(=O)[C@H]2CC(=O)N(c3ccc(OC)cc3)C2)C1. The van der Waals surface area contributed by atoms with Crippen LogP contribution in [0, 0.1) is 11.8 Å². The molecule has 0 saturated carbocycles. The maximum Gasteiger partial charge on any atom is 0.310 e. The Morgan fingerprint density at radius 1 is 1.15 bits per heavy atom. The Bertz CT molecular complexity index is 703. The normalized spacial score (nSPS) is 22.7. The zero-order valence-corrected chi connectivity index (χ0v) is 15.8. The minimum absolute atomic E-state index is 0.0478. The van der Waals surface area contributed by atoms with E-state index in [-0.39, 0.29) is 36.0 Å². The van der Waals surface area contributed by atoms with E-state index < -0.39 is 0 Å². The topological polar surface area (TPSA) is 76.2 Å². The highest BCUT2D eigenvalue weighted by Gasteiger charge is 2.39. The molecular formula is C20H26N2O5. The Balaban J connectivity index is 1.63. The summed E-state index contributed by atoms with van der Waals surface area (Å²) in [5, 5.41) is 0. The average molecular weight is 374 g/mol. The molecule has 3 rings (SSSR count). The number of hydrogen-bond donors (Lipinski definition) is 0. The van der Waals surface area contributed by atoms with E-state index in [1.54, 1.807) is 36.0 Å². The van der Waals surface area contributed by atoms with Crippen molar-refractivity contribution in [1.29, 1.82) is 0 Å². The summed E-state index contributed by atoms with van der Waals surface area (Å²) >= 11 is 0. The number of piperidine rings is 1. The number of methoxy groups -OCH3 is 1. The van der Waals surface area contributed by atoms with Gasteiger partial charge >= 0.3 is 5.97 Å². The van der Waals surface area contributed by atoms with E-state index in [0.717, 1.165) is 24.3 Å². The van der Waals surface area contributed by atoms with Gasteiger partial charge in [-0.15, -0.1) is 0 Å². The maximum absolute atomic E-state index is 12.9. The van der Waals surface area contributed by atoms with Gasteiger partial charge < -0.3 is 19.3 Å². The molecule has 146 valence electrons. The van der Waals surface area contributed by atoms with Crippen LogP contribution in [0.1, 0.15) is 26.2 Å². The van der Waals surface area contributed by atoms with Crippen LogP contribution in [-0.4, -0.2) is 56.0 Å². The lowest BCUT2D eigenvalue weighted by Crippen LogP contribution is -2.45. The Labute approximate surface area is 159 Å². The van der Waals surface area contributed by atoms with E-state index in [4.69, 9.17) is 9.47 Å². The van der Waals surface area contributed by atoms with Crippen LogP contribution in [0.15, 0.2) is 24.3 Å². The Morgan fingerprint density at radius 2 is 1.89 bits per heavy atom. The van der Waals surface area contributed by atoms with E-state index in [9.17, 15) is 14.4 Å². The van der Waals surface area contributed by atoms with Crippen LogP contribution in [0.25, 0.3) is 0 Å². The molecule has 2 amide bonds. The minimum Gasteiger partial charge on any atom is -0.497 e. The molecule has 7 heteroatoms. The molecule has 2 heterocycles. The number of nitrogens with zero attached hydrogens (tertiary/aromatic N) is 2. The quantitative estimate of drug-likeness (QED) is 0.735. The number of rotatable bonds is 5. The molecule has 0 aromatic heterocycles. The van der Waals surface area contributed by atoms with Crippen LogP contribution in [0.3, 0.4) is 0 Å².